The minimum atomic E-state index is -1.19. The van der Waals surface area contributed by atoms with Crippen LogP contribution in [-0.4, -0.2) is 118 Å². The lowest BCUT2D eigenvalue weighted by molar-refractivity contribution is -0.142. The Balaban J connectivity index is 3.70. The van der Waals surface area contributed by atoms with E-state index in [1.807, 2.05) is 0 Å². The monoisotopic (exact) mass is 675 g/mol. The molecule has 0 saturated carbocycles. The molecule has 47 heavy (non-hydrogen) atoms. The lowest BCUT2D eigenvalue weighted by Gasteiger charge is -2.14. The Morgan fingerprint density at radius 2 is 1.00 bits per heavy atom. The van der Waals surface area contributed by atoms with Crippen LogP contribution in [0.25, 0.3) is 0 Å². The zero-order valence-corrected chi connectivity index (χ0v) is 28.0. The van der Waals surface area contributed by atoms with Gasteiger partial charge in [0.1, 0.15) is 19.3 Å². The van der Waals surface area contributed by atoms with Gasteiger partial charge in [0.2, 0.25) is 17.7 Å². The molecule has 0 aliphatic rings. The topological polar surface area (TPSA) is 216 Å². The quantitative estimate of drug-likeness (QED) is 0.0619. The highest BCUT2D eigenvalue weighted by atomic mass is 16.5. The van der Waals surface area contributed by atoms with Gasteiger partial charge in [-0.15, -0.1) is 0 Å². The molecule has 15 nitrogen and oxygen atoms in total. The van der Waals surface area contributed by atoms with E-state index in [9.17, 15) is 33.9 Å². The van der Waals surface area contributed by atoms with Crippen molar-refractivity contribution in [1.82, 2.24) is 16.0 Å². The highest BCUT2D eigenvalue weighted by Crippen LogP contribution is 2.12. The van der Waals surface area contributed by atoms with Crippen molar-refractivity contribution in [1.29, 1.82) is 0 Å². The van der Waals surface area contributed by atoms with Gasteiger partial charge < -0.3 is 45.1 Å². The fourth-order valence-corrected chi connectivity index (χ4v) is 4.26. The predicted octanol–water partition coefficient (Wildman–Crippen LogP) is 1.99. The highest BCUT2D eigenvalue weighted by Gasteiger charge is 2.20. The summed E-state index contributed by atoms with van der Waals surface area (Å²) in [5, 5.41) is 25.8. The van der Waals surface area contributed by atoms with Crippen LogP contribution in [0.3, 0.4) is 0 Å². The van der Waals surface area contributed by atoms with Gasteiger partial charge in [-0.2, -0.15) is 0 Å². The van der Waals surface area contributed by atoms with Crippen molar-refractivity contribution in [2.45, 2.75) is 103 Å². The van der Waals surface area contributed by atoms with Crippen molar-refractivity contribution in [2.24, 2.45) is 0 Å². The van der Waals surface area contributed by atoms with Crippen LogP contribution in [0, 0.1) is 0 Å². The zero-order valence-electron chi connectivity index (χ0n) is 28.0. The second-order valence-electron chi connectivity index (χ2n) is 11.2. The molecule has 0 heterocycles. The average Bonchev–Trinajstić information content (AvgIpc) is 3.01. The Morgan fingerprint density at radius 3 is 1.51 bits per heavy atom. The molecule has 0 radical (unpaired) electrons. The predicted molar refractivity (Wildman–Crippen MR) is 172 cm³/mol. The molecule has 15 heteroatoms. The molecule has 0 aromatic carbocycles. The number of carboxylic acids is 2. The third-order valence-electron chi connectivity index (χ3n) is 6.76. The van der Waals surface area contributed by atoms with E-state index in [0.29, 0.717) is 32.8 Å². The van der Waals surface area contributed by atoms with E-state index in [0.717, 1.165) is 57.8 Å². The van der Waals surface area contributed by atoms with Gasteiger partial charge in [-0.05, 0) is 26.2 Å². The standard InChI is InChI=1S/C32H57N3O12/c1-26(36)24-46-22-20-45-19-17-34-30(39)25-47-23-21-44-18-16-33-28(37)15-14-27(32(42)43)35-29(38)12-10-8-6-4-2-3-5-7-9-11-13-31(40)41/h27H,2-25H2,1H3,(H,33,37)(H,34,39)(H,35,38)(H,40,41)(H,42,43). The number of rotatable bonds is 34. The third-order valence-corrected chi connectivity index (χ3v) is 6.76. The number of carbonyl (C=O) groups is 6. The Kier molecular flexibility index (Phi) is 29.4. The van der Waals surface area contributed by atoms with Gasteiger partial charge >= 0.3 is 11.9 Å². The molecule has 1 atom stereocenters. The number of hydrogen-bond donors (Lipinski definition) is 5. The van der Waals surface area contributed by atoms with Gasteiger partial charge in [-0.3, -0.25) is 24.0 Å². The molecule has 0 bridgehead atoms. The molecule has 0 spiro atoms. The molecule has 0 aromatic rings. The largest absolute Gasteiger partial charge is 0.481 e. The van der Waals surface area contributed by atoms with Crippen molar-refractivity contribution >= 4 is 35.4 Å². The molecular weight excluding hydrogens is 618 g/mol. The fourth-order valence-electron chi connectivity index (χ4n) is 4.26. The zero-order chi connectivity index (χ0) is 35.0. The molecular formula is C32H57N3O12. The second-order valence-corrected chi connectivity index (χ2v) is 11.2. The lowest BCUT2D eigenvalue weighted by atomic mass is 10.0. The molecule has 3 amide bonds. The van der Waals surface area contributed by atoms with Crippen LogP contribution in [0.2, 0.25) is 0 Å². The normalized spacial score (nSPS) is 11.5. The summed E-state index contributed by atoms with van der Waals surface area (Å²) in [5.74, 6) is -2.98. The van der Waals surface area contributed by atoms with Crippen LogP contribution in [0.1, 0.15) is 96.8 Å². The Labute approximate surface area is 278 Å². The van der Waals surface area contributed by atoms with Crippen molar-refractivity contribution in [3.05, 3.63) is 0 Å². The molecule has 1 unspecified atom stereocenters. The van der Waals surface area contributed by atoms with Crippen molar-refractivity contribution in [2.75, 3.05) is 65.9 Å². The summed E-state index contributed by atoms with van der Waals surface area (Å²) in [7, 11) is 0. The van der Waals surface area contributed by atoms with Crippen molar-refractivity contribution in [3.63, 3.8) is 0 Å². The molecule has 0 aromatic heterocycles. The van der Waals surface area contributed by atoms with Gasteiger partial charge in [0.25, 0.3) is 0 Å². The first-order chi connectivity index (χ1) is 22.6. The number of nitrogens with one attached hydrogen (secondary N) is 3. The highest BCUT2D eigenvalue weighted by molar-refractivity contribution is 5.84. The maximum Gasteiger partial charge on any atom is 0.326 e. The first-order valence-corrected chi connectivity index (χ1v) is 16.7. The second kappa shape index (κ2) is 31.5. The Hall–Kier alpha value is -3.14. The van der Waals surface area contributed by atoms with E-state index >= 15 is 0 Å². The van der Waals surface area contributed by atoms with E-state index in [4.69, 9.17) is 24.1 Å². The van der Waals surface area contributed by atoms with Crippen LogP contribution >= 0.6 is 0 Å². The van der Waals surface area contributed by atoms with E-state index in [-0.39, 0.29) is 88.8 Å². The lowest BCUT2D eigenvalue weighted by Crippen LogP contribution is -2.41. The third kappa shape index (κ3) is 32.6. The average molecular weight is 676 g/mol. The number of amides is 3. The van der Waals surface area contributed by atoms with E-state index in [1.54, 1.807) is 0 Å². The van der Waals surface area contributed by atoms with Crippen LogP contribution in [0.4, 0.5) is 0 Å². The Bertz CT molecular complexity index is 887. The maximum atomic E-state index is 12.2. The van der Waals surface area contributed by atoms with Crippen LogP contribution < -0.4 is 16.0 Å². The molecule has 0 aliphatic heterocycles. The maximum absolute atomic E-state index is 12.2. The fraction of sp³-hybridized carbons (Fsp3) is 0.812. The number of unbranched alkanes of at least 4 members (excludes halogenated alkanes) is 9. The van der Waals surface area contributed by atoms with Gasteiger partial charge in [0, 0.05) is 32.4 Å². The molecule has 0 fully saturated rings. The van der Waals surface area contributed by atoms with E-state index in [1.165, 1.54) is 6.92 Å². The number of ketones is 1. The smallest absolute Gasteiger partial charge is 0.326 e. The Morgan fingerprint density at radius 1 is 0.532 bits per heavy atom. The summed E-state index contributed by atoms with van der Waals surface area (Å²) in [6, 6.07) is -1.14. The molecule has 5 N–H and O–H groups in total. The molecule has 0 rings (SSSR count). The van der Waals surface area contributed by atoms with Gasteiger partial charge in [0.15, 0.2) is 5.78 Å². The van der Waals surface area contributed by atoms with Crippen molar-refractivity contribution < 1.29 is 57.9 Å². The summed E-state index contributed by atoms with van der Waals surface area (Å²) in [6.45, 7) is 3.43. The summed E-state index contributed by atoms with van der Waals surface area (Å²) in [6.07, 6.45) is 10.1. The summed E-state index contributed by atoms with van der Waals surface area (Å²) in [5.41, 5.74) is 0. The number of ether oxygens (including phenoxy) is 4. The van der Waals surface area contributed by atoms with Crippen molar-refractivity contribution in [3.8, 4) is 0 Å². The SMILES string of the molecule is CC(=O)COCCOCCNC(=O)COCCOCCNC(=O)CCC(NC(=O)CCCCCCCCCCCCC(=O)O)C(=O)O. The molecule has 0 aliphatic carbocycles. The number of hydrogen-bond acceptors (Lipinski definition) is 10. The number of carboxylic acid groups (broad SMARTS) is 2. The first-order valence-electron chi connectivity index (χ1n) is 16.7. The van der Waals surface area contributed by atoms with Gasteiger partial charge in [0.05, 0.1) is 39.6 Å². The minimum absolute atomic E-state index is 0.0262. The molecule has 272 valence electrons. The summed E-state index contributed by atoms with van der Waals surface area (Å²) in [4.78, 5) is 68.7. The van der Waals surface area contributed by atoms with E-state index in [2.05, 4.69) is 16.0 Å². The summed E-state index contributed by atoms with van der Waals surface area (Å²) >= 11 is 0. The van der Waals surface area contributed by atoms with Crippen LogP contribution in [0.5, 0.6) is 0 Å². The van der Waals surface area contributed by atoms with Gasteiger partial charge in [-0.1, -0.05) is 51.4 Å². The molecule has 0 saturated heterocycles. The van der Waals surface area contributed by atoms with Crippen LogP contribution in [0.15, 0.2) is 0 Å². The summed E-state index contributed by atoms with van der Waals surface area (Å²) < 4.78 is 20.9. The number of carbonyl (C=O) groups excluding carboxylic acids is 4. The van der Waals surface area contributed by atoms with Gasteiger partial charge in [-0.25, -0.2) is 4.79 Å². The first kappa shape index (κ1) is 43.9. The number of aliphatic carboxylic acids is 2. The minimum Gasteiger partial charge on any atom is -0.481 e. The number of Topliss-reactive ketones (excluding diaryl/α,β-unsaturated/α-hetero) is 1. The van der Waals surface area contributed by atoms with Crippen LogP contribution in [-0.2, 0) is 47.7 Å². The van der Waals surface area contributed by atoms with E-state index < -0.39 is 18.0 Å².